The van der Waals surface area contributed by atoms with Gasteiger partial charge in [0.25, 0.3) is 0 Å². The van der Waals surface area contributed by atoms with E-state index in [4.69, 9.17) is 4.74 Å². The normalized spacial score (nSPS) is 11.0. The minimum Gasteiger partial charge on any atom is -0.490 e. The van der Waals surface area contributed by atoms with Crippen molar-refractivity contribution in [1.29, 1.82) is 0 Å². The molecule has 27 heavy (non-hydrogen) atoms. The van der Waals surface area contributed by atoms with E-state index in [-0.39, 0.29) is 5.91 Å². The number of carbonyl (C=O) groups is 1. The van der Waals surface area contributed by atoms with Crippen molar-refractivity contribution >= 4 is 39.0 Å². The van der Waals surface area contributed by atoms with Crippen LogP contribution in [0.15, 0.2) is 70.9 Å². The summed E-state index contributed by atoms with van der Waals surface area (Å²) < 4.78 is 6.37. The summed E-state index contributed by atoms with van der Waals surface area (Å²) in [7, 11) is 0. The largest absolute Gasteiger partial charge is 0.490 e. The van der Waals surface area contributed by atoms with Gasteiger partial charge in [0.15, 0.2) is 0 Å². The maximum atomic E-state index is 12.1. The van der Waals surface area contributed by atoms with E-state index in [1.807, 2.05) is 42.6 Å². The lowest BCUT2D eigenvalue weighted by molar-refractivity contribution is -0.121. The smallest absolute Gasteiger partial charge is 0.240 e. The second-order valence-electron chi connectivity index (χ2n) is 5.94. The summed E-state index contributed by atoms with van der Waals surface area (Å²) in [5.41, 5.74) is 5.59. The van der Waals surface area contributed by atoms with Crippen molar-refractivity contribution in [3.8, 4) is 5.75 Å². The van der Waals surface area contributed by atoms with Crippen LogP contribution in [0.4, 0.5) is 0 Å². The number of aromatic nitrogens is 1. The molecule has 0 saturated carbocycles. The zero-order valence-electron chi connectivity index (χ0n) is 14.7. The number of hydrogen-bond donors (Lipinski definition) is 2. The molecule has 0 unspecified atom stereocenters. The van der Waals surface area contributed by atoms with Crippen molar-refractivity contribution in [3.63, 3.8) is 0 Å². The summed E-state index contributed by atoms with van der Waals surface area (Å²) >= 11 is 3.46. The number of aromatic amines is 1. The standard InChI is InChI=1S/C21H20BrN3O2/c1-2-11-27-17-8-9-19(22)16(12-17)14-24-25-21(26)10-7-15-13-23-20-6-4-3-5-18(15)20/h2-6,8-9,12-14,23H,1,7,10-11H2,(H,25,26)/b24-14+. The molecule has 0 saturated heterocycles. The highest BCUT2D eigenvalue weighted by Crippen LogP contribution is 2.21. The van der Waals surface area contributed by atoms with Crippen LogP contribution in [0.1, 0.15) is 17.5 Å². The monoisotopic (exact) mass is 425 g/mol. The summed E-state index contributed by atoms with van der Waals surface area (Å²) in [5.74, 6) is 0.580. The molecule has 2 aromatic carbocycles. The van der Waals surface area contributed by atoms with E-state index in [2.05, 4.69) is 44.1 Å². The molecule has 0 aliphatic rings. The lowest BCUT2D eigenvalue weighted by atomic mass is 10.1. The number of hydrogen-bond acceptors (Lipinski definition) is 3. The van der Waals surface area contributed by atoms with Gasteiger partial charge in [0.2, 0.25) is 5.91 Å². The second kappa shape index (κ2) is 9.19. The zero-order valence-corrected chi connectivity index (χ0v) is 16.3. The highest BCUT2D eigenvalue weighted by molar-refractivity contribution is 9.10. The Hall–Kier alpha value is -2.86. The highest BCUT2D eigenvalue weighted by Gasteiger charge is 2.06. The van der Waals surface area contributed by atoms with E-state index in [0.29, 0.717) is 25.2 Å². The fraction of sp³-hybridized carbons (Fsp3) is 0.143. The number of aryl methyl sites for hydroxylation is 1. The SMILES string of the molecule is C=CCOc1ccc(Br)c(/C=N/NC(=O)CCc2c[nH]c3ccccc23)c1. The molecule has 0 radical (unpaired) electrons. The zero-order chi connectivity index (χ0) is 19.1. The maximum Gasteiger partial charge on any atom is 0.240 e. The third kappa shape index (κ3) is 5.08. The van der Waals surface area contributed by atoms with Crippen molar-refractivity contribution in [2.45, 2.75) is 12.8 Å². The molecule has 3 aromatic rings. The third-order valence-corrected chi connectivity index (χ3v) is 4.75. The molecule has 6 heteroatoms. The number of rotatable bonds is 8. The van der Waals surface area contributed by atoms with Crippen LogP contribution in [0.2, 0.25) is 0 Å². The van der Waals surface area contributed by atoms with Crippen LogP contribution in [0.3, 0.4) is 0 Å². The molecule has 3 rings (SSSR count). The van der Waals surface area contributed by atoms with E-state index in [9.17, 15) is 4.79 Å². The van der Waals surface area contributed by atoms with Gasteiger partial charge in [-0.15, -0.1) is 0 Å². The molecule has 0 aliphatic heterocycles. The molecular weight excluding hydrogens is 406 g/mol. The van der Waals surface area contributed by atoms with E-state index in [0.717, 1.165) is 26.5 Å². The van der Waals surface area contributed by atoms with Crippen LogP contribution < -0.4 is 10.2 Å². The Morgan fingerprint density at radius 1 is 1.30 bits per heavy atom. The van der Waals surface area contributed by atoms with Crippen molar-refractivity contribution < 1.29 is 9.53 Å². The number of fused-ring (bicyclic) bond motifs is 1. The number of amides is 1. The van der Waals surface area contributed by atoms with Gasteiger partial charge in [-0.25, -0.2) is 5.43 Å². The molecule has 1 amide bonds. The number of nitrogens with zero attached hydrogens (tertiary/aromatic N) is 1. The number of para-hydroxylation sites is 1. The van der Waals surface area contributed by atoms with Crippen LogP contribution in [-0.4, -0.2) is 23.7 Å². The van der Waals surface area contributed by atoms with Crippen molar-refractivity contribution in [3.05, 3.63) is 76.9 Å². The van der Waals surface area contributed by atoms with Gasteiger partial charge in [0, 0.05) is 33.6 Å². The van der Waals surface area contributed by atoms with Crippen LogP contribution in [0, 0.1) is 0 Å². The van der Waals surface area contributed by atoms with Crippen molar-refractivity contribution in [2.24, 2.45) is 5.10 Å². The number of hydrazone groups is 1. The molecule has 0 spiro atoms. The molecule has 0 atom stereocenters. The summed E-state index contributed by atoms with van der Waals surface area (Å²) in [4.78, 5) is 15.3. The Morgan fingerprint density at radius 2 is 2.15 bits per heavy atom. The lowest BCUT2D eigenvalue weighted by Gasteiger charge is -2.05. The second-order valence-corrected chi connectivity index (χ2v) is 6.79. The lowest BCUT2D eigenvalue weighted by Crippen LogP contribution is -2.17. The van der Waals surface area contributed by atoms with Gasteiger partial charge in [-0.3, -0.25) is 4.79 Å². The summed E-state index contributed by atoms with van der Waals surface area (Å²) in [5, 5.41) is 5.20. The number of benzene rings is 2. The Kier molecular flexibility index (Phi) is 6.44. The van der Waals surface area contributed by atoms with Gasteiger partial charge in [-0.05, 0) is 36.2 Å². The fourth-order valence-electron chi connectivity index (χ4n) is 2.68. The molecule has 138 valence electrons. The van der Waals surface area contributed by atoms with Gasteiger partial charge in [0.05, 0.1) is 6.21 Å². The molecule has 5 nitrogen and oxygen atoms in total. The van der Waals surface area contributed by atoms with Gasteiger partial charge in [-0.1, -0.05) is 46.8 Å². The van der Waals surface area contributed by atoms with Gasteiger partial charge >= 0.3 is 0 Å². The van der Waals surface area contributed by atoms with Crippen LogP contribution in [-0.2, 0) is 11.2 Å². The van der Waals surface area contributed by atoms with E-state index >= 15 is 0 Å². The molecule has 0 bridgehead atoms. The molecule has 2 N–H and O–H groups in total. The van der Waals surface area contributed by atoms with Crippen LogP contribution >= 0.6 is 15.9 Å². The minimum atomic E-state index is -0.133. The quantitative estimate of drug-likeness (QED) is 0.315. The van der Waals surface area contributed by atoms with Gasteiger partial charge in [0.1, 0.15) is 12.4 Å². The predicted octanol–water partition coefficient (Wildman–Crippen LogP) is 4.58. The number of carbonyl (C=O) groups excluding carboxylic acids is 1. The van der Waals surface area contributed by atoms with Crippen molar-refractivity contribution in [1.82, 2.24) is 10.4 Å². The van der Waals surface area contributed by atoms with E-state index in [1.165, 1.54) is 0 Å². The average Bonchev–Trinajstić information content (AvgIpc) is 3.10. The maximum absolute atomic E-state index is 12.1. The van der Waals surface area contributed by atoms with Crippen LogP contribution in [0.5, 0.6) is 5.75 Å². The van der Waals surface area contributed by atoms with Gasteiger partial charge < -0.3 is 9.72 Å². The fourth-order valence-corrected chi connectivity index (χ4v) is 3.03. The Labute approximate surface area is 166 Å². The summed E-state index contributed by atoms with van der Waals surface area (Å²) in [6, 6.07) is 13.6. The summed E-state index contributed by atoms with van der Waals surface area (Å²) in [6.45, 7) is 4.06. The Balaban J connectivity index is 1.55. The van der Waals surface area contributed by atoms with Gasteiger partial charge in [-0.2, -0.15) is 5.10 Å². The van der Waals surface area contributed by atoms with Crippen LogP contribution in [0.25, 0.3) is 10.9 Å². The molecule has 1 aromatic heterocycles. The summed E-state index contributed by atoms with van der Waals surface area (Å²) in [6.07, 6.45) is 6.24. The molecular formula is C21H20BrN3O2. The first-order valence-electron chi connectivity index (χ1n) is 8.57. The number of halogens is 1. The first-order valence-corrected chi connectivity index (χ1v) is 9.37. The highest BCUT2D eigenvalue weighted by atomic mass is 79.9. The van der Waals surface area contributed by atoms with E-state index in [1.54, 1.807) is 12.3 Å². The third-order valence-electron chi connectivity index (χ3n) is 4.02. The Morgan fingerprint density at radius 3 is 3.00 bits per heavy atom. The minimum absolute atomic E-state index is 0.133. The van der Waals surface area contributed by atoms with E-state index < -0.39 is 0 Å². The topological polar surface area (TPSA) is 66.5 Å². The predicted molar refractivity (Wildman–Crippen MR) is 112 cm³/mol. The van der Waals surface area contributed by atoms with Crippen molar-refractivity contribution in [2.75, 3.05) is 6.61 Å². The number of ether oxygens (including phenoxy) is 1. The first-order chi connectivity index (χ1) is 13.2. The average molecular weight is 426 g/mol. The Bertz CT molecular complexity index is 978. The molecule has 1 heterocycles. The molecule has 0 fully saturated rings. The number of H-pyrrole nitrogens is 1. The molecule has 0 aliphatic carbocycles. The first kappa shape index (κ1) is 18.9. The number of nitrogens with one attached hydrogen (secondary N) is 2.